The van der Waals surface area contributed by atoms with Gasteiger partial charge in [0.2, 0.25) is 0 Å². The van der Waals surface area contributed by atoms with Crippen molar-refractivity contribution in [2.75, 3.05) is 32.8 Å². The molecule has 0 aliphatic carbocycles. The number of H-pyrrole nitrogens is 1. The first kappa shape index (κ1) is 23.5. The van der Waals surface area contributed by atoms with Gasteiger partial charge in [0.25, 0.3) is 5.91 Å². The van der Waals surface area contributed by atoms with Crippen LogP contribution in [0.5, 0.6) is 5.75 Å². The van der Waals surface area contributed by atoms with Crippen LogP contribution >= 0.6 is 0 Å². The molecule has 0 unspecified atom stereocenters. The van der Waals surface area contributed by atoms with Crippen LogP contribution in [0.3, 0.4) is 0 Å². The Balaban J connectivity index is 1.17. The number of hydrogen-bond donors (Lipinski definition) is 1. The van der Waals surface area contributed by atoms with Gasteiger partial charge >= 0.3 is 0 Å². The van der Waals surface area contributed by atoms with Gasteiger partial charge in [-0.3, -0.25) is 14.8 Å². The molecule has 2 saturated heterocycles. The maximum atomic E-state index is 13.3. The molecule has 1 aromatic heterocycles. The molecule has 5 rings (SSSR count). The van der Waals surface area contributed by atoms with E-state index in [4.69, 9.17) is 4.74 Å². The highest BCUT2D eigenvalue weighted by Gasteiger charge is 2.33. The van der Waals surface area contributed by atoms with Gasteiger partial charge in [-0.15, -0.1) is 0 Å². The molecule has 1 amide bonds. The van der Waals surface area contributed by atoms with E-state index in [0.717, 1.165) is 43.8 Å². The second-order valence-corrected chi connectivity index (χ2v) is 9.38. The normalized spacial score (nSPS) is 18.7. The Labute approximate surface area is 205 Å². The van der Waals surface area contributed by atoms with Gasteiger partial charge in [0, 0.05) is 25.1 Å². The number of benzene rings is 2. The Kier molecular flexibility index (Phi) is 7.37. The first-order chi connectivity index (χ1) is 17.2. The van der Waals surface area contributed by atoms with Crippen LogP contribution in [0.2, 0.25) is 0 Å². The maximum absolute atomic E-state index is 13.3. The lowest BCUT2D eigenvalue weighted by atomic mass is 10.1. The van der Waals surface area contributed by atoms with E-state index < -0.39 is 0 Å². The summed E-state index contributed by atoms with van der Waals surface area (Å²) in [6.45, 7) is 4.60. The number of aromatic nitrogens is 3. The topological polar surface area (TPSA) is 74.3 Å². The third-order valence-corrected chi connectivity index (χ3v) is 6.87. The van der Waals surface area contributed by atoms with Gasteiger partial charge in [-0.05, 0) is 80.7 Å². The fourth-order valence-corrected chi connectivity index (χ4v) is 4.95. The number of nitrogens with one attached hydrogen (secondary N) is 1. The maximum Gasteiger partial charge on any atom is 0.254 e. The predicted octanol–water partition coefficient (Wildman–Crippen LogP) is 4.38. The molecule has 184 valence electrons. The molecular weight excluding hydrogens is 445 g/mol. The first-order valence-corrected chi connectivity index (χ1v) is 12.6. The van der Waals surface area contributed by atoms with Crippen molar-refractivity contribution in [1.29, 1.82) is 0 Å². The van der Waals surface area contributed by atoms with Gasteiger partial charge in [0.05, 0.1) is 6.04 Å². The summed E-state index contributed by atoms with van der Waals surface area (Å²) in [5, 5.41) is 7.38. The van der Waals surface area contributed by atoms with Gasteiger partial charge in [-0.2, -0.15) is 5.10 Å². The van der Waals surface area contributed by atoms with Crippen LogP contribution in [-0.2, 0) is 6.42 Å². The third-order valence-electron chi connectivity index (χ3n) is 6.87. The monoisotopic (exact) mass is 477 g/mol. The number of carbonyl (C=O) groups is 1. The fraction of sp³-hybridized carbons (Fsp3) is 0.444. The first-order valence-electron chi connectivity index (χ1n) is 12.6. The number of piperidine rings is 1. The van der Waals surface area contributed by atoms with E-state index in [0.29, 0.717) is 36.8 Å². The Bertz CT molecular complexity index is 1110. The zero-order valence-electron chi connectivity index (χ0n) is 20.0. The minimum absolute atomic E-state index is 0.0164. The van der Waals surface area contributed by atoms with E-state index >= 15 is 0 Å². The number of amides is 1. The summed E-state index contributed by atoms with van der Waals surface area (Å²) < 4.78 is 19.1. The average molecular weight is 478 g/mol. The number of likely N-dealkylation sites (tertiary alicyclic amines) is 2. The number of rotatable bonds is 8. The van der Waals surface area contributed by atoms with E-state index in [9.17, 15) is 9.18 Å². The molecule has 0 radical (unpaired) electrons. The highest BCUT2D eigenvalue weighted by atomic mass is 19.1. The lowest BCUT2D eigenvalue weighted by Crippen LogP contribution is -2.33. The van der Waals surface area contributed by atoms with Crippen molar-refractivity contribution in [3.63, 3.8) is 0 Å². The molecule has 1 N–H and O–H groups in total. The minimum Gasteiger partial charge on any atom is -0.492 e. The van der Waals surface area contributed by atoms with Crippen molar-refractivity contribution in [2.24, 2.45) is 0 Å². The number of ether oxygens (including phenoxy) is 1. The standard InChI is InChI=1S/C27H32FN5O2/c28-22-10-6-20(7-11-22)19-25-29-26(31-30-25)24-5-4-16-33(24)27(34)21-8-12-23(13-9-21)35-18-17-32-14-2-1-3-15-32/h6-13,24H,1-5,14-19H2,(H,29,30,31)/t24-/m1/s1. The van der Waals surface area contributed by atoms with Gasteiger partial charge in [-0.25, -0.2) is 9.37 Å². The van der Waals surface area contributed by atoms with Crippen LogP contribution in [0.1, 0.15) is 65.7 Å². The largest absolute Gasteiger partial charge is 0.492 e. The van der Waals surface area contributed by atoms with Crippen LogP contribution in [0.25, 0.3) is 0 Å². The molecule has 1 atom stereocenters. The summed E-state index contributed by atoms with van der Waals surface area (Å²) in [6, 6.07) is 13.6. The van der Waals surface area contributed by atoms with Gasteiger partial charge in [0.15, 0.2) is 5.82 Å². The highest BCUT2D eigenvalue weighted by molar-refractivity contribution is 5.94. The predicted molar refractivity (Wildman–Crippen MR) is 131 cm³/mol. The molecule has 0 saturated carbocycles. The molecular formula is C27H32FN5O2. The summed E-state index contributed by atoms with van der Waals surface area (Å²) in [5.74, 6) is 1.85. The summed E-state index contributed by atoms with van der Waals surface area (Å²) in [6.07, 6.45) is 6.16. The van der Waals surface area contributed by atoms with Crippen molar-refractivity contribution in [3.8, 4) is 5.75 Å². The summed E-state index contributed by atoms with van der Waals surface area (Å²) in [7, 11) is 0. The second-order valence-electron chi connectivity index (χ2n) is 9.38. The average Bonchev–Trinajstić information content (AvgIpc) is 3.56. The van der Waals surface area contributed by atoms with Crippen LogP contribution in [-0.4, -0.2) is 63.7 Å². The van der Waals surface area contributed by atoms with Gasteiger partial charge in [0.1, 0.15) is 24.0 Å². The summed E-state index contributed by atoms with van der Waals surface area (Å²) in [4.78, 5) is 22.2. The molecule has 35 heavy (non-hydrogen) atoms. The SMILES string of the molecule is O=C(c1ccc(OCCN2CCCCC2)cc1)N1CCC[C@@H]1c1n[nH]c(Cc2ccc(F)cc2)n1. The van der Waals surface area contributed by atoms with Crippen molar-refractivity contribution in [2.45, 2.75) is 44.6 Å². The number of nitrogens with zero attached hydrogens (tertiary/aromatic N) is 4. The Hall–Kier alpha value is -3.26. The second kappa shape index (κ2) is 11.0. The lowest BCUT2D eigenvalue weighted by Gasteiger charge is -2.26. The summed E-state index contributed by atoms with van der Waals surface area (Å²) >= 11 is 0. The number of aromatic amines is 1. The van der Waals surface area contributed by atoms with Gasteiger partial charge in [-0.1, -0.05) is 18.6 Å². The van der Waals surface area contributed by atoms with E-state index in [2.05, 4.69) is 20.1 Å². The molecule has 2 aliphatic heterocycles. The molecule has 3 aromatic rings. The van der Waals surface area contributed by atoms with E-state index in [-0.39, 0.29) is 17.8 Å². The van der Waals surface area contributed by atoms with Crippen molar-refractivity contribution < 1.29 is 13.9 Å². The lowest BCUT2D eigenvalue weighted by molar-refractivity contribution is 0.0730. The fourth-order valence-electron chi connectivity index (χ4n) is 4.95. The molecule has 7 nitrogen and oxygen atoms in total. The van der Waals surface area contributed by atoms with E-state index in [1.165, 1.54) is 31.4 Å². The quantitative estimate of drug-likeness (QED) is 0.521. The Morgan fingerprint density at radius 3 is 2.54 bits per heavy atom. The van der Waals surface area contributed by atoms with E-state index in [1.54, 1.807) is 12.1 Å². The number of carbonyl (C=O) groups excluding carboxylic acids is 1. The zero-order chi connectivity index (χ0) is 24.0. The molecule has 0 spiro atoms. The Morgan fingerprint density at radius 1 is 1.00 bits per heavy atom. The molecule has 8 heteroatoms. The molecule has 0 bridgehead atoms. The minimum atomic E-state index is -0.260. The van der Waals surface area contributed by atoms with E-state index in [1.807, 2.05) is 29.2 Å². The highest BCUT2D eigenvalue weighted by Crippen LogP contribution is 2.31. The summed E-state index contributed by atoms with van der Waals surface area (Å²) in [5.41, 5.74) is 1.59. The van der Waals surface area contributed by atoms with Gasteiger partial charge < -0.3 is 9.64 Å². The van der Waals surface area contributed by atoms with Crippen LogP contribution < -0.4 is 4.74 Å². The van der Waals surface area contributed by atoms with Crippen molar-refractivity contribution in [1.82, 2.24) is 25.0 Å². The van der Waals surface area contributed by atoms with Crippen LogP contribution in [0.4, 0.5) is 4.39 Å². The third kappa shape index (κ3) is 5.88. The molecule has 2 aromatic carbocycles. The molecule has 2 fully saturated rings. The van der Waals surface area contributed by atoms with Crippen molar-refractivity contribution in [3.05, 3.63) is 77.1 Å². The van der Waals surface area contributed by atoms with Crippen LogP contribution in [0, 0.1) is 5.82 Å². The van der Waals surface area contributed by atoms with Crippen LogP contribution in [0.15, 0.2) is 48.5 Å². The smallest absolute Gasteiger partial charge is 0.254 e. The number of halogens is 1. The molecule has 2 aliphatic rings. The van der Waals surface area contributed by atoms with Crippen molar-refractivity contribution >= 4 is 5.91 Å². The number of hydrogen-bond acceptors (Lipinski definition) is 5. The zero-order valence-corrected chi connectivity index (χ0v) is 20.0. The molecule has 3 heterocycles. The Morgan fingerprint density at radius 2 is 1.77 bits per heavy atom.